The number of hydrogen-bond donors (Lipinski definition) is 0. The Kier molecular flexibility index (Phi) is 4.18. The van der Waals surface area contributed by atoms with Gasteiger partial charge in [-0.05, 0) is 32.5 Å². The lowest BCUT2D eigenvalue weighted by Crippen LogP contribution is -2.46. The topological polar surface area (TPSA) is 36.0 Å². The molecule has 0 bridgehead atoms. The lowest BCUT2D eigenvalue weighted by molar-refractivity contribution is -0.113. The van der Waals surface area contributed by atoms with Gasteiger partial charge in [-0.25, -0.2) is 4.39 Å². The minimum absolute atomic E-state index is 0.0342. The van der Waals surface area contributed by atoms with E-state index in [9.17, 15) is 4.79 Å². The molecule has 4 rings (SSSR count). The van der Waals surface area contributed by atoms with E-state index in [4.69, 9.17) is 4.74 Å². The van der Waals surface area contributed by atoms with Gasteiger partial charge in [0.1, 0.15) is 12.3 Å². The van der Waals surface area contributed by atoms with Crippen molar-refractivity contribution in [1.82, 2.24) is 4.90 Å². The third kappa shape index (κ3) is 2.58. The number of piperazine rings is 1. The molecule has 1 aromatic rings. The highest BCUT2D eigenvalue weighted by atomic mass is 19.1. The Bertz CT molecular complexity index is 784. The molecule has 5 nitrogen and oxygen atoms in total. The van der Waals surface area contributed by atoms with Crippen LogP contribution in [0, 0.1) is 5.82 Å². The summed E-state index contributed by atoms with van der Waals surface area (Å²) in [6.07, 6.45) is 1.94. The number of nitrogens with zero attached hydrogens (tertiary/aromatic N) is 3. The molecule has 3 aliphatic rings. The molecule has 0 radical (unpaired) electrons. The highest BCUT2D eigenvalue weighted by Crippen LogP contribution is 2.51. The molecule has 1 fully saturated rings. The standard InChI is InChI=1S/C20H26FN3O2/c1-12-11-26-20-18-15(13(2)16(14(3)25)10-24(12)18)9-17(21)19(20)23-7-5-22(4)6-8-23/h9-10,12-13H,5-8,11H2,1-4H3/t12-,13?/m0/s1. The molecule has 0 aromatic heterocycles. The third-order valence-electron chi connectivity index (χ3n) is 5.85. The van der Waals surface area contributed by atoms with Gasteiger partial charge in [0, 0.05) is 43.9 Å². The fourth-order valence-corrected chi connectivity index (χ4v) is 4.20. The molecule has 0 aliphatic carbocycles. The molecule has 1 unspecified atom stereocenters. The minimum Gasteiger partial charge on any atom is -0.487 e. The van der Waals surface area contributed by atoms with Crippen LogP contribution in [-0.4, -0.2) is 56.6 Å². The Morgan fingerprint density at radius 3 is 2.54 bits per heavy atom. The van der Waals surface area contributed by atoms with Gasteiger partial charge in [0.25, 0.3) is 0 Å². The van der Waals surface area contributed by atoms with Gasteiger partial charge in [-0.1, -0.05) is 6.92 Å². The van der Waals surface area contributed by atoms with E-state index in [1.54, 1.807) is 13.0 Å². The molecule has 0 spiro atoms. The van der Waals surface area contributed by atoms with Gasteiger partial charge in [-0.2, -0.15) is 0 Å². The number of carbonyl (C=O) groups is 1. The molecule has 0 saturated carbocycles. The van der Waals surface area contributed by atoms with Gasteiger partial charge < -0.3 is 19.4 Å². The Hall–Kier alpha value is -2.08. The first kappa shape index (κ1) is 17.3. The normalized spacial score (nSPS) is 25.5. The summed E-state index contributed by atoms with van der Waals surface area (Å²) in [5.41, 5.74) is 3.07. The number of allylic oxidation sites excluding steroid dienone is 1. The van der Waals surface area contributed by atoms with Gasteiger partial charge in [0.2, 0.25) is 0 Å². The smallest absolute Gasteiger partial charge is 0.169 e. The first-order valence-electron chi connectivity index (χ1n) is 9.32. The highest BCUT2D eigenvalue weighted by Gasteiger charge is 2.38. The fourth-order valence-electron chi connectivity index (χ4n) is 4.20. The Morgan fingerprint density at radius 1 is 1.19 bits per heavy atom. The van der Waals surface area contributed by atoms with E-state index >= 15 is 4.39 Å². The molecule has 26 heavy (non-hydrogen) atoms. The first-order chi connectivity index (χ1) is 12.4. The average molecular weight is 359 g/mol. The van der Waals surface area contributed by atoms with Crippen molar-refractivity contribution < 1.29 is 13.9 Å². The minimum atomic E-state index is -0.255. The number of ether oxygens (including phenoxy) is 1. The largest absolute Gasteiger partial charge is 0.487 e. The summed E-state index contributed by atoms with van der Waals surface area (Å²) in [5, 5.41) is 0. The van der Waals surface area contributed by atoms with Crippen LogP contribution in [0.4, 0.5) is 15.8 Å². The molecule has 1 aromatic carbocycles. The molecule has 0 N–H and O–H groups in total. The van der Waals surface area contributed by atoms with Gasteiger partial charge in [-0.15, -0.1) is 0 Å². The number of benzene rings is 1. The molecule has 6 heteroatoms. The third-order valence-corrected chi connectivity index (χ3v) is 5.85. The zero-order valence-electron chi connectivity index (χ0n) is 15.9. The van der Waals surface area contributed by atoms with Crippen LogP contribution in [0.1, 0.15) is 32.3 Å². The van der Waals surface area contributed by atoms with Gasteiger partial charge >= 0.3 is 0 Å². The second-order valence-corrected chi connectivity index (χ2v) is 7.69. The van der Waals surface area contributed by atoms with Crippen molar-refractivity contribution >= 4 is 17.2 Å². The molecule has 1 saturated heterocycles. The van der Waals surface area contributed by atoms with E-state index in [2.05, 4.69) is 28.7 Å². The summed E-state index contributed by atoms with van der Waals surface area (Å²) < 4.78 is 21.3. The van der Waals surface area contributed by atoms with Crippen LogP contribution in [0.3, 0.4) is 0 Å². The van der Waals surface area contributed by atoms with Crippen molar-refractivity contribution in [3.63, 3.8) is 0 Å². The van der Waals surface area contributed by atoms with Crippen LogP contribution < -0.4 is 14.5 Å². The van der Waals surface area contributed by atoms with Crippen molar-refractivity contribution in [3.8, 4) is 5.75 Å². The van der Waals surface area contributed by atoms with E-state index in [-0.39, 0.29) is 23.6 Å². The number of ketones is 1. The second kappa shape index (κ2) is 6.27. The zero-order valence-corrected chi connectivity index (χ0v) is 15.9. The van der Waals surface area contributed by atoms with E-state index in [0.29, 0.717) is 18.0 Å². The van der Waals surface area contributed by atoms with E-state index in [0.717, 1.165) is 43.0 Å². The van der Waals surface area contributed by atoms with Crippen LogP contribution in [0.25, 0.3) is 0 Å². The molecular formula is C20H26FN3O2. The predicted molar refractivity (Wildman–Crippen MR) is 101 cm³/mol. The van der Waals surface area contributed by atoms with Gasteiger partial charge in [0.15, 0.2) is 17.3 Å². The van der Waals surface area contributed by atoms with Crippen LogP contribution in [0.15, 0.2) is 17.8 Å². The lowest BCUT2D eigenvalue weighted by Gasteiger charge is -2.43. The van der Waals surface area contributed by atoms with E-state index in [1.807, 2.05) is 13.1 Å². The Morgan fingerprint density at radius 2 is 1.88 bits per heavy atom. The van der Waals surface area contributed by atoms with Crippen molar-refractivity contribution in [2.45, 2.75) is 32.7 Å². The number of hydrogen-bond acceptors (Lipinski definition) is 5. The molecular weight excluding hydrogens is 333 g/mol. The average Bonchev–Trinajstić information content (AvgIpc) is 2.60. The van der Waals surface area contributed by atoms with E-state index < -0.39 is 0 Å². The van der Waals surface area contributed by atoms with Gasteiger partial charge in [-0.3, -0.25) is 4.79 Å². The number of halogens is 1. The Balaban J connectivity index is 1.86. The maximum atomic E-state index is 15.2. The van der Waals surface area contributed by atoms with Crippen molar-refractivity contribution in [3.05, 3.63) is 29.2 Å². The van der Waals surface area contributed by atoms with Crippen LogP contribution in [0.2, 0.25) is 0 Å². The zero-order chi connectivity index (χ0) is 18.6. The van der Waals surface area contributed by atoms with Crippen molar-refractivity contribution in [2.24, 2.45) is 0 Å². The summed E-state index contributed by atoms with van der Waals surface area (Å²) in [6.45, 7) is 9.46. The fraction of sp³-hybridized carbons (Fsp3) is 0.550. The van der Waals surface area contributed by atoms with Crippen molar-refractivity contribution in [2.75, 3.05) is 49.6 Å². The number of rotatable bonds is 2. The summed E-state index contributed by atoms with van der Waals surface area (Å²) in [7, 11) is 2.08. The summed E-state index contributed by atoms with van der Waals surface area (Å²) in [5.74, 6) is 0.275. The predicted octanol–water partition coefficient (Wildman–Crippen LogP) is 2.75. The summed E-state index contributed by atoms with van der Waals surface area (Å²) >= 11 is 0. The lowest BCUT2D eigenvalue weighted by atomic mass is 9.85. The quantitative estimate of drug-likeness (QED) is 0.811. The number of likely N-dealkylation sites (N-methyl/N-ethyl adjacent to an activating group) is 1. The molecule has 3 aliphatic heterocycles. The SMILES string of the molecule is CC(=O)C1=CN2c3c(cc(F)c(N4CCN(C)CC4)c3OC[C@@H]2C)C1C. The molecule has 2 atom stereocenters. The maximum Gasteiger partial charge on any atom is 0.169 e. The number of Topliss-reactive ketones (excluding diaryl/α,β-unsaturated/α-hetero) is 1. The maximum absolute atomic E-state index is 15.2. The Labute approximate surface area is 154 Å². The molecule has 0 amide bonds. The summed E-state index contributed by atoms with van der Waals surface area (Å²) in [6, 6.07) is 1.72. The van der Waals surface area contributed by atoms with Crippen LogP contribution in [0.5, 0.6) is 5.75 Å². The first-order valence-corrected chi connectivity index (χ1v) is 9.32. The number of anilines is 2. The molecule has 3 heterocycles. The second-order valence-electron chi connectivity index (χ2n) is 7.69. The highest BCUT2D eigenvalue weighted by molar-refractivity contribution is 5.97. The van der Waals surface area contributed by atoms with Crippen LogP contribution in [-0.2, 0) is 4.79 Å². The molecule has 140 valence electrons. The van der Waals surface area contributed by atoms with E-state index in [1.165, 1.54) is 0 Å². The summed E-state index contributed by atoms with van der Waals surface area (Å²) in [4.78, 5) is 18.5. The van der Waals surface area contributed by atoms with Crippen LogP contribution >= 0.6 is 0 Å². The monoisotopic (exact) mass is 359 g/mol. The number of carbonyl (C=O) groups excluding carboxylic acids is 1. The van der Waals surface area contributed by atoms with Gasteiger partial charge in [0.05, 0.1) is 11.7 Å². The van der Waals surface area contributed by atoms with Crippen molar-refractivity contribution in [1.29, 1.82) is 0 Å².